The van der Waals surface area contributed by atoms with Crippen molar-refractivity contribution >= 4 is 33.6 Å². The van der Waals surface area contributed by atoms with E-state index in [1.54, 1.807) is 11.8 Å². The van der Waals surface area contributed by atoms with Crippen molar-refractivity contribution in [1.82, 2.24) is 10.6 Å². The molecule has 0 bridgehead atoms. The van der Waals surface area contributed by atoms with E-state index in [1.807, 2.05) is 18.2 Å². The number of rotatable bonds is 6. The van der Waals surface area contributed by atoms with Gasteiger partial charge in [-0.05, 0) is 44.8 Å². The third-order valence-corrected chi connectivity index (χ3v) is 5.84. The second-order valence-electron chi connectivity index (χ2n) is 5.51. The van der Waals surface area contributed by atoms with E-state index in [9.17, 15) is 4.79 Å². The summed E-state index contributed by atoms with van der Waals surface area (Å²) < 4.78 is 1.08. The van der Waals surface area contributed by atoms with Gasteiger partial charge >= 0.3 is 0 Å². The Hall–Kier alpha value is -1.30. The Bertz CT molecular complexity index is 705. The summed E-state index contributed by atoms with van der Waals surface area (Å²) in [5.74, 6) is 0.880. The van der Waals surface area contributed by atoms with Gasteiger partial charge in [0.05, 0.1) is 0 Å². The molecular formula is C18H19BrN2OS. The predicted octanol–water partition coefficient (Wildman–Crippen LogP) is 3.85. The topological polar surface area (TPSA) is 41.1 Å². The maximum absolute atomic E-state index is 12.0. The fourth-order valence-electron chi connectivity index (χ4n) is 2.56. The third-order valence-electron chi connectivity index (χ3n) is 3.81. The van der Waals surface area contributed by atoms with Crippen molar-refractivity contribution in [3.63, 3.8) is 0 Å². The van der Waals surface area contributed by atoms with Crippen LogP contribution in [0.1, 0.15) is 23.1 Å². The van der Waals surface area contributed by atoms with Crippen LogP contribution in [0, 0.1) is 0 Å². The molecule has 23 heavy (non-hydrogen) atoms. The lowest BCUT2D eigenvalue weighted by atomic mass is 10.1. The predicted molar refractivity (Wildman–Crippen MR) is 98.3 cm³/mol. The van der Waals surface area contributed by atoms with Crippen LogP contribution in [0.3, 0.4) is 0 Å². The number of carbonyl (C=O) groups is 1. The lowest BCUT2D eigenvalue weighted by molar-refractivity contribution is -0.120. The van der Waals surface area contributed by atoms with Crippen molar-refractivity contribution in [2.75, 3.05) is 5.75 Å². The molecule has 0 aromatic heterocycles. The number of hydrogen-bond donors (Lipinski definition) is 2. The van der Waals surface area contributed by atoms with Gasteiger partial charge in [-0.1, -0.05) is 30.3 Å². The smallest absolute Gasteiger partial charge is 0.221 e. The van der Waals surface area contributed by atoms with Crippen LogP contribution in [0.25, 0.3) is 0 Å². The van der Waals surface area contributed by atoms with Crippen molar-refractivity contribution in [3.8, 4) is 0 Å². The molecule has 0 radical (unpaired) electrons. The average Bonchev–Trinajstić information content (AvgIpc) is 3.02. The van der Waals surface area contributed by atoms with E-state index in [1.165, 1.54) is 21.6 Å². The molecule has 2 N–H and O–H groups in total. The van der Waals surface area contributed by atoms with Crippen LogP contribution in [0.2, 0.25) is 0 Å². The van der Waals surface area contributed by atoms with Crippen molar-refractivity contribution in [1.29, 1.82) is 0 Å². The van der Waals surface area contributed by atoms with Crippen molar-refractivity contribution in [3.05, 3.63) is 63.6 Å². The van der Waals surface area contributed by atoms with Gasteiger partial charge in [0.2, 0.25) is 5.91 Å². The van der Waals surface area contributed by atoms with Crippen LogP contribution >= 0.6 is 27.7 Å². The zero-order valence-corrected chi connectivity index (χ0v) is 15.2. The first-order valence-corrected chi connectivity index (χ1v) is 9.45. The van der Waals surface area contributed by atoms with E-state index in [0.29, 0.717) is 13.0 Å². The number of halogens is 1. The SMILES string of the molecule is O=C(CCSc1ccccc1Br)NCc1ccc2c(c1)CNC2. The normalized spacial score (nSPS) is 12.9. The van der Waals surface area contributed by atoms with Gasteiger partial charge in [0.25, 0.3) is 0 Å². The number of hydrogen-bond acceptors (Lipinski definition) is 3. The van der Waals surface area contributed by atoms with Gasteiger partial charge < -0.3 is 10.6 Å². The molecule has 2 aromatic rings. The molecule has 1 heterocycles. The number of amides is 1. The molecule has 3 rings (SSSR count). The first kappa shape index (κ1) is 16.6. The second kappa shape index (κ2) is 7.99. The van der Waals surface area contributed by atoms with Crippen LogP contribution in [0.15, 0.2) is 51.8 Å². The Morgan fingerprint density at radius 2 is 2.00 bits per heavy atom. The molecule has 1 aliphatic heterocycles. The molecule has 1 aliphatic rings. The molecule has 0 saturated heterocycles. The summed E-state index contributed by atoms with van der Waals surface area (Å²) in [6.07, 6.45) is 0.526. The Kier molecular flexibility index (Phi) is 5.75. The highest BCUT2D eigenvalue weighted by Crippen LogP contribution is 2.27. The molecule has 3 nitrogen and oxygen atoms in total. The van der Waals surface area contributed by atoms with E-state index in [4.69, 9.17) is 0 Å². The van der Waals surface area contributed by atoms with E-state index in [2.05, 4.69) is 50.8 Å². The van der Waals surface area contributed by atoms with Gasteiger partial charge in [0.1, 0.15) is 0 Å². The summed E-state index contributed by atoms with van der Waals surface area (Å²) in [5, 5.41) is 6.34. The summed E-state index contributed by atoms with van der Waals surface area (Å²) in [7, 11) is 0. The minimum Gasteiger partial charge on any atom is -0.352 e. The van der Waals surface area contributed by atoms with E-state index < -0.39 is 0 Å². The Balaban J connectivity index is 1.42. The van der Waals surface area contributed by atoms with Gasteiger partial charge in [-0.15, -0.1) is 11.8 Å². The molecule has 5 heteroatoms. The number of carbonyl (C=O) groups excluding carboxylic acids is 1. The summed E-state index contributed by atoms with van der Waals surface area (Å²) >= 11 is 5.22. The molecule has 0 aliphatic carbocycles. The van der Waals surface area contributed by atoms with E-state index in [0.717, 1.165) is 23.3 Å². The molecule has 2 aromatic carbocycles. The summed E-state index contributed by atoms with van der Waals surface area (Å²) in [6, 6.07) is 14.5. The van der Waals surface area contributed by atoms with Gasteiger partial charge in [0, 0.05) is 41.2 Å². The standard InChI is InChI=1S/C18H19BrN2OS/c19-16-3-1-2-4-17(16)23-8-7-18(22)21-10-13-5-6-14-11-20-12-15(14)9-13/h1-6,9,20H,7-8,10-12H2,(H,21,22). The Morgan fingerprint density at radius 3 is 2.87 bits per heavy atom. The highest BCUT2D eigenvalue weighted by atomic mass is 79.9. The molecule has 0 unspecified atom stereocenters. The molecule has 0 fully saturated rings. The zero-order valence-electron chi connectivity index (χ0n) is 12.8. The minimum atomic E-state index is 0.100. The minimum absolute atomic E-state index is 0.100. The number of benzene rings is 2. The number of thioether (sulfide) groups is 1. The van der Waals surface area contributed by atoms with Gasteiger partial charge in [-0.2, -0.15) is 0 Å². The molecule has 120 valence electrons. The number of fused-ring (bicyclic) bond motifs is 1. The Morgan fingerprint density at radius 1 is 1.17 bits per heavy atom. The van der Waals surface area contributed by atoms with E-state index >= 15 is 0 Å². The monoisotopic (exact) mass is 390 g/mol. The molecule has 1 amide bonds. The quantitative estimate of drug-likeness (QED) is 0.735. The maximum Gasteiger partial charge on any atom is 0.221 e. The second-order valence-corrected chi connectivity index (χ2v) is 7.50. The first-order valence-electron chi connectivity index (χ1n) is 7.68. The van der Waals surface area contributed by atoms with Crippen LogP contribution < -0.4 is 10.6 Å². The van der Waals surface area contributed by atoms with Gasteiger partial charge in [-0.25, -0.2) is 0 Å². The molecule has 0 saturated carbocycles. The molecular weight excluding hydrogens is 372 g/mol. The van der Waals surface area contributed by atoms with Crippen LogP contribution in [0.5, 0.6) is 0 Å². The molecule has 0 atom stereocenters. The van der Waals surface area contributed by atoms with Gasteiger partial charge in [0.15, 0.2) is 0 Å². The highest BCUT2D eigenvalue weighted by Gasteiger charge is 2.10. The van der Waals surface area contributed by atoms with E-state index in [-0.39, 0.29) is 5.91 Å². The molecule has 0 spiro atoms. The highest BCUT2D eigenvalue weighted by molar-refractivity contribution is 9.10. The van der Waals surface area contributed by atoms with Crippen LogP contribution in [-0.2, 0) is 24.4 Å². The van der Waals surface area contributed by atoms with Crippen LogP contribution in [0.4, 0.5) is 0 Å². The van der Waals surface area contributed by atoms with Gasteiger partial charge in [-0.3, -0.25) is 4.79 Å². The van der Waals surface area contributed by atoms with Crippen LogP contribution in [-0.4, -0.2) is 11.7 Å². The Labute approximate surface area is 149 Å². The lowest BCUT2D eigenvalue weighted by Gasteiger charge is -2.08. The largest absolute Gasteiger partial charge is 0.352 e. The van der Waals surface area contributed by atoms with Crippen molar-refractivity contribution in [2.24, 2.45) is 0 Å². The summed E-state index contributed by atoms with van der Waals surface area (Å²) in [4.78, 5) is 13.1. The summed E-state index contributed by atoms with van der Waals surface area (Å²) in [5.41, 5.74) is 3.88. The summed E-state index contributed by atoms with van der Waals surface area (Å²) in [6.45, 7) is 2.49. The first-order chi connectivity index (χ1) is 11.2. The zero-order chi connectivity index (χ0) is 16.1. The lowest BCUT2D eigenvalue weighted by Crippen LogP contribution is -2.23. The average molecular weight is 391 g/mol. The third kappa shape index (κ3) is 4.59. The fourth-order valence-corrected chi connectivity index (χ4v) is 4.08. The van der Waals surface area contributed by atoms with Crippen molar-refractivity contribution < 1.29 is 4.79 Å². The number of nitrogens with one attached hydrogen (secondary N) is 2. The van der Waals surface area contributed by atoms with Crippen molar-refractivity contribution in [2.45, 2.75) is 31.0 Å². The maximum atomic E-state index is 12.0. The fraction of sp³-hybridized carbons (Fsp3) is 0.278.